The minimum atomic E-state index is -0.453. The molecule has 0 atom stereocenters. The lowest BCUT2D eigenvalue weighted by Crippen LogP contribution is -2.47. The van der Waals surface area contributed by atoms with Crippen molar-refractivity contribution in [3.63, 3.8) is 0 Å². The van der Waals surface area contributed by atoms with E-state index in [0.29, 0.717) is 18.5 Å². The number of nitrogens with zero attached hydrogens (tertiary/aromatic N) is 1. The number of carbonyl (C=O) groups is 2. The maximum Gasteiger partial charge on any atom is 0.333 e. The normalized spacial score (nSPS) is 10.5. The topological polar surface area (TPSA) is 75.2 Å². The fraction of sp³-hybridized carbons (Fsp3) is 0.158. The quantitative estimate of drug-likeness (QED) is 0.573. The number of halogens is 1. The molecule has 0 fully saturated rings. The van der Waals surface area contributed by atoms with Crippen molar-refractivity contribution in [3.05, 3.63) is 70.3 Å². The number of fused-ring (bicyclic) bond motifs is 1. The SMILES string of the molecule is Cn1cc(C(=O)NNC(=O)NCCc2ccccc2Br)c2ccccc21. The van der Waals surface area contributed by atoms with Crippen LogP contribution in [0.1, 0.15) is 15.9 Å². The van der Waals surface area contributed by atoms with Gasteiger partial charge in [-0.05, 0) is 24.1 Å². The highest BCUT2D eigenvalue weighted by Gasteiger charge is 2.14. The van der Waals surface area contributed by atoms with Crippen molar-refractivity contribution in [2.24, 2.45) is 7.05 Å². The Hall–Kier alpha value is -2.80. The molecular formula is C19H19BrN4O2. The summed E-state index contributed by atoms with van der Waals surface area (Å²) in [5, 5.41) is 3.55. The lowest BCUT2D eigenvalue weighted by atomic mass is 10.1. The lowest BCUT2D eigenvalue weighted by molar-refractivity contribution is 0.0938. The first-order chi connectivity index (χ1) is 12.6. The Morgan fingerprint density at radius 1 is 1.04 bits per heavy atom. The van der Waals surface area contributed by atoms with Gasteiger partial charge in [-0.2, -0.15) is 0 Å². The molecule has 1 heterocycles. The van der Waals surface area contributed by atoms with Gasteiger partial charge in [0.15, 0.2) is 0 Å². The maximum atomic E-state index is 12.3. The van der Waals surface area contributed by atoms with Crippen molar-refractivity contribution in [2.75, 3.05) is 6.54 Å². The standard InChI is InChI=1S/C19H19BrN4O2/c1-24-12-15(14-7-3-5-9-17(14)24)18(25)22-23-19(26)21-11-10-13-6-2-4-8-16(13)20/h2-9,12H,10-11H2,1H3,(H,22,25)(H2,21,23,26). The van der Waals surface area contributed by atoms with Gasteiger partial charge in [0.2, 0.25) is 0 Å². The van der Waals surface area contributed by atoms with Crippen molar-refractivity contribution >= 4 is 38.8 Å². The van der Waals surface area contributed by atoms with Crippen molar-refractivity contribution < 1.29 is 9.59 Å². The molecule has 3 N–H and O–H groups in total. The monoisotopic (exact) mass is 414 g/mol. The number of para-hydroxylation sites is 1. The van der Waals surface area contributed by atoms with E-state index in [9.17, 15) is 9.59 Å². The van der Waals surface area contributed by atoms with E-state index in [4.69, 9.17) is 0 Å². The highest BCUT2D eigenvalue weighted by molar-refractivity contribution is 9.10. The van der Waals surface area contributed by atoms with Crippen LogP contribution in [0.25, 0.3) is 10.9 Å². The van der Waals surface area contributed by atoms with Gasteiger partial charge in [0.05, 0.1) is 5.56 Å². The first-order valence-corrected chi connectivity index (χ1v) is 8.97. The number of hydrogen-bond acceptors (Lipinski definition) is 2. The predicted molar refractivity (Wildman–Crippen MR) is 105 cm³/mol. The summed E-state index contributed by atoms with van der Waals surface area (Å²) < 4.78 is 2.88. The smallest absolute Gasteiger partial charge is 0.333 e. The van der Waals surface area contributed by atoms with Gasteiger partial charge in [-0.15, -0.1) is 0 Å². The fourth-order valence-electron chi connectivity index (χ4n) is 2.76. The summed E-state index contributed by atoms with van der Waals surface area (Å²) in [4.78, 5) is 24.2. The third-order valence-corrected chi connectivity index (χ3v) is 4.84. The summed E-state index contributed by atoms with van der Waals surface area (Å²) in [6, 6.07) is 15.0. The van der Waals surface area contributed by atoms with Gasteiger partial charge in [-0.1, -0.05) is 52.3 Å². The van der Waals surface area contributed by atoms with Crippen molar-refractivity contribution in [1.29, 1.82) is 0 Å². The Kier molecular flexibility index (Phi) is 5.58. The van der Waals surface area contributed by atoms with E-state index in [-0.39, 0.29) is 5.91 Å². The van der Waals surface area contributed by atoms with Crippen LogP contribution >= 0.6 is 15.9 Å². The highest BCUT2D eigenvalue weighted by atomic mass is 79.9. The minimum absolute atomic E-state index is 0.359. The first kappa shape index (κ1) is 18.0. The van der Waals surface area contributed by atoms with Gasteiger partial charge in [-0.25, -0.2) is 10.2 Å². The predicted octanol–water partition coefficient (Wildman–Crippen LogP) is 3.13. The van der Waals surface area contributed by atoms with Gasteiger partial charge in [0.1, 0.15) is 0 Å². The number of aryl methyl sites for hydroxylation is 1. The van der Waals surface area contributed by atoms with E-state index in [1.807, 2.05) is 60.1 Å². The third kappa shape index (κ3) is 4.05. The first-order valence-electron chi connectivity index (χ1n) is 8.18. The minimum Gasteiger partial charge on any atom is -0.350 e. The second-order valence-corrected chi connectivity index (χ2v) is 6.70. The van der Waals surface area contributed by atoms with Crippen LogP contribution in [0.3, 0.4) is 0 Å². The number of rotatable bonds is 4. The summed E-state index contributed by atoms with van der Waals surface area (Å²) in [6.07, 6.45) is 2.43. The summed E-state index contributed by atoms with van der Waals surface area (Å²) in [6.45, 7) is 0.457. The molecule has 0 bridgehead atoms. The average molecular weight is 415 g/mol. The van der Waals surface area contributed by atoms with E-state index in [0.717, 1.165) is 20.9 Å². The molecule has 134 valence electrons. The van der Waals surface area contributed by atoms with Gasteiger partial charge in [0.25, 0.3) is 5.91 Å². The second-order valence-electron chi connectivity index (χ2n) is 5.85. The lowest BCUT2D eigenvalue weighted by Gasteiger charge is -2.09. The maximum absolute atomic E-state index is 12.3. The van der Waals surface area contributed by atoms with Crippen LogP contribution < -0.4 is 16.2 Å². The van der Waals surface area contributed by atoms with Crippen LogP contribution in [0.4, 0.5) is 4.79 Å². The molecule has 3 amide bonds. The number of nitrogens with one attached hydrogen (secondary N) is 3. The molecule has 1 aromatic heterocycles. The van der Waals surface area contributed by atoms with E-state index < -0.39 is 6.03 Å². The number of aromatic nitrogens is 1. The number of urea groups is 1. The van der Waals surface area contributed by atoms with Crippen LogP contribution in [0.5, 0.6) is 0 Å². The van der Waals surface area contributed by atoms with Gasteiger partial charge in [-0.3, -0.25) is 10.2 Å². The van der Waals surface area contributed by atoms with Gasteiger partial charge in [0, 0.05) is 35.2 Å². The van der Waals surface area contributed by atoms with Crippen LogP contribution in [0, 0.1) is 0 Å². The molecule has 0 radical (unpaired) electrons. The Morgan fingerprint density at radius 3 is 2.58 bits per heavy atom. The zero-order valence-corrected chi connectivity index (χ0v) is 15.8. The van der Waals surface area contributed by atoms with Crippen LogP contribution in [0.15, 0.2) is 59.2 Å². The van der Waals surface area contributed by atoms with Crippen molar-refractivity contribution in [1.82, 2.24) is 20.7 Å². The number of amides is 3. The number of hydrogen-bond donors (Lipinski definition) is 3. The van der Waals surface area contributed by atoms with E-state index in [1.165, 1.54) is 0 Å². The van der Waals surface area contributed by atoms with Gasteiger partial charge >= 0.3 is 6.03 Å². The largest absolute Gasteiger partial charge is 0.350 e. The Morgan fingerprint density at radius 2 is 1.77 bits per heavy atom. The molecule has 3 rings (SSSR count). The van der Waals surface area contributed by atoms with E-state index in [1.54, 1.807) is 6.20 Å². The van der Waals surface area contributed by atoms with E-state index in [2.05, 4.69) is 32.1 Å². The molecule has 26 heavy (non-hydrogen) atoms. The molecule has 3 aromatic rings. The van der Waals surface area contributed by atoms with E-state index >= 15 is 0 Å². The molecule has 7 heteroatoms. The van der Waals surface area contributed by atoms with Crippen LogP contribution in [-0.4, -0.2) is 23.1 Å². The molecule has 0 aliphatic carbocycles. The Balaban J connectivity index is 1.51. The fourth-order valence-corrected chi connectivity index (χ4v) is 3.24. The summed E-state index contributed by atoms with van der Waals surface area (Å²) in [5.74, 6) is -0.359. The molecule has 0 aliphatic rings. The van der Waals surface area contributed by atoms with Crippen molar-refractivity contribution in [2.45, 2.75) is 6.42 Å². The zero-order chi connectivity index (χ0) is 18.5. The number of hydrazine groups is 1. The average Bonchev–Trinajstić information content (AvgIpc) is 2.99. The molecule has 0 saturated carbocycles. The molecule has 6 nitrogen and oxygen atoms in total. The van der Waals surface area contributed by atoms with Crippen molar-refractivity contribution in [3.8, 4) is 0 Å². The summed E-state index contributed by atoms with van der Waals surface area (Å²) >= 11 is 3.47. The van der Waals surface area contributed by atoms with Crippen LogP contribution in [0.2, 0.25) is 0 Å². The molecule has 0 spiro atoms. The zero-order valence-electron chi connectivity index (χ0n) is 14.3. The highest BCUT2D eigenvalue weighted by Crippen LogP contribution is 2.19. The molecule has 0 unspecified atom stereocenters. The summed E-state index contributed by atoms with van der Waals surface area (Å²) in [7, 11) is 1.88. The molecule has 0 aliphatic heterocycles. The Labute approximate surface area is 159 Å². The molecular weight excluding hydrogens is 396 g/mol. The number of benzene rings is 2. The Bertz CT molecular complexity index is 952. The second kappa shape index (κ2) is 8.05. The van der Waals surface area contributed by atoms with Crippen LogP contribution in [-0.2, 0) is 13.5 Å². The van der Waals surface area contributed by atoms with Gasteiger partial charge < -0.3 is 9.88 Å². The third-order valence-electron chi connectivity index (χ3n) is 4.07. The summed E-state index contributed by atoms with van der Waals surface area (Å²) in [5.41, 5.74) is 7.40. The molecule has 2 aromatic carbocycles. The number of carbonyl (C=O) groups excluding carboxylic acids is 2. The molecule has 0 saturated heterocycles.